The average Bonchev–Trinajstić information content (AvgIpc) is 2.74. The normalized spacial score (nSPS) is 15.7. The van der Waals surface area contributed by atoms with Gasteiger partial charge in [0.05, 0.1) is 19.4 Å². The number of anilines is 1. The Kier molecular flexibility index (Phi) is 6.99. The van der Waals surface area contributed by atoms with Crippen molar-refractivity contribution in [2.24, 2.45) is 0 Å². The first-order chi connectivity index (χ1) is 14.0. The second-order valence-corrected chi connectivity index (χ2v) is 7.10. The fourth-order valence-corrected chi connectivity index (χ4v) is 3.74. The summed E-state index contributed by atoms with van der Waals surface area (Å²) in [7, 11) is 1.59. The number of benzene rings is 2. The Hall–Kier alpha value is -2.73. The molecule has 1 aliphatic heterocycles. The Morgan fingerprint density at radius 2 is 1.76 bits per heavy atom. The van der Waals surface area contributed by atoms with Crippen LogP contribution in [-0.2, 0) is 4.79 Å². The first kappa shape index (κ1) is 21.0. The van der Waals surface area contributed by atoms with Gasteiger partial charge >= 0.3 is 5.97 Å². The van der Waals surface area contributed by atoms with Gasteiger partial charge in [-0.15, -0.1) is 0 Å². The van der Waals surface area contributed by atoms with Crippen LogP contribution in [0.25, 0.3) is 0 Å². The summed E-state index contributed by atoms with van der Waals surface area (Å²) < 4.78 is 16.4. The Morgan fingerprint density at radius 3 is 2.41 bits per heavy atom. The highest BCUT2D eigenvalue weighted by Gasteiger charge is 2.24. The van der Waals surface area contributed by atoms with E-state index in [1.165, 1.54) is 6.92 Å². The van der Waals surface area contributed by atoms with Crippen molar-refractivity contribution in [1.82, 2.24) is 4.90 Å². The van der Waals surface area contributed by atoms with Gasteiger partial charge in [0, 0.05) is 39.1 Å². The molecule has 1 atom stereocenters. The smallest absolute Gasteiger partial charge is 0.308 e. The lowest BCUT2D eigenvalue weighted by Crippen LogP contribution is -2.47. The summed E-state index contributed by atoms with van der Waals surface area (Å²) >= 11 is 0. The van der Waals surface area contributed by atoms with E-state index in [2.05, 4.69) is 28.9 Å². The number of nitrogens with zero attached hydrogens (tertiary/aromatic N) is 2. The number of carbonyl (C=O) groups excluding carboxylic acids is 1. The molecule has 0 spiro atoms. The lowest BCUT2D eigenvalue weighted by Gasteiger charge is -2.39. The van der Waals surface area contributed by atoms with E-state index >= 15 is 0 Å². The molecular formula is C23H30N2O4. The molecule has 0 radical (unpaired) electrons. The number of methoxy groups -OCH3 is 1. The maximum absolute atomic E-state index is 11.3. The number of ether oxygens (including phenoxy) is 3. The SMILES string of the molecule is CCOc1ccccc1N1CCN(C(C)c2ccc(OC(C)=O)c(OC)c2)CC1. The second-order valence-electron chi connectivity index (χ2n) is 7.10. The molecule has 1 saturated heterocycles. The first-order valence-corrected chi connectivity index (χ1v) is 10.1. The molecule has 0 bridgehead atoms. The molecule has 2 aromatic carbocycles. The summed E-state index contributed by atoms with van der Waals surface area (Å²) in [6.07, 6.45) is 0. The van der Waals surface area contributed by atoms with Crippen molar-refractivity contribution in [2.75, 3.05) is 44.8 Å². The summed E-state index contributed by atoms with van der Waals surface area (Å²) in [5.74, 6) is 1.62. The number of hydrogen-bond donors (Lipinski definition) is 0. The van der Waals surface area contributed by atoms with Gasteiger partial charge in [0.25, 0.3) is 0 Å². The van der Waals surface area contributed by atoms with Crippen LogP contribution in [0.15, 0.2) is 42.5 Å². The van der Waals surface area contributed by atoms with Crippen LogP contribution in [-0.4, -0.2) is 50.8 Å². The Bertz CT molecular complexity index is 831. The van der Waals surface area contributed by atoms with Crippen molar-refractivity contribution in [3.63, 3.8) is 0 Å². The third-order valence-electron chi connectivity index (χ3n) is 5.29. The predicted octanol–water partition coefficient (Wildman–Crippen LogP) is 3.90. The van der Waals surface area contributed by atoms with Crippen molar-refractivity contribution in [2.45, 2.75) is 26.8 Å². The van der Waals surface area contributed by atoms with Gasteiger partial charge in [-0.25, -0.2) is 0 Å². The molecule has 29 heavy (non-hydrogen) atoms. The molecule has 0 aromatic heterocycles. The molecule has 2 aromatic rings. The summed E-state index contributed by atoms with van der Waals surface area (Å²) in [6.45, 7) is 10.1. The molecule has 0 aliphatic carbocycles. The van der Waals surface area contributed by atoms with Crippen molar-refractivity contribution in [3.8, 4) is 17.2 Å². The molecule has 0 N–H and O–H groups in total. The average molecular weight is 399 g/mol. The lowest BCUT2D eigenvalue weighted by atomic mass is 10.0. The summed E-state index contributed by atoms with van der Waals surface area (Å²) in [6, 6.07) is 14.2. The van der Waals surface area contributed by atoms with Crippen LogP contribution in [0.5, 0.6) is 17.2 Å². The predicted molar refractivity (Wildman–Crippen MR) is 114 cm³/mol. The van der Waals surface area contributed by atoms with Gasteiger partial charge in [0.2, 0.25) is 0 Å². The van der Waals surface area contributed by atoms with Crippen LogP contribution in [0.2, 0.25) is 0 Å². The van der Waals surface area contributed by atoms with E-state index in [0.717, 1.165) is 43.2 Å². The molecule has 0 amide bonds. The third kappa shape index (κ3) is 5.01. The van der Waals surface area contributed by atoms with E-state index < -0.39 is 0 Å². The quantitative estimate of drug-likeness (QED) is 0.521. The van der Waals surface area contributed by atoms with Crippen LogP contribution in [0, 0.1) is 0 Å². The van der Waals surface area contributed by atoms with Gasteiger partial charge < -0.3 is 19.1 Å². The van der Waals surface area contributed by atoms with Gasteiger partial charge in [0.1, 0.15) is 5.75 Å². The minimum Gasteiger partial charge on any atom is -0.493 e. The van der Waals surface area contributed by atoms with Crippen LogP contribution in [0.3, 0.4) is 0 Å². The summed E-state index contributed by atoms with van der Waals surface area (Å²) in [5, 5.41) is 0. The Morgan fingerprint density at radius 1 is 1.03 bits per heavy atom. The number of para-hydroxylation sites is 2. The monoisotopic (exact) mass is 398 g/mol. The highest BCUT2D eigenvalue weighted by Crippen LogP contribution is 2.34. The fourth-order valence-electron chi connectivity index (χ4n) is 3.74. The summed E-state index contributed by atoms with van der Waals surface area (Å²) in [4.78, 5) is 16.1. The maximum Gasteiger partial charge on any atom is 0.308 e. The van der Waals surface area contributed by atoms with Crippen molar-refractivity contribution >= 4 is 11.7 Å². The summed E-state index contributed by atoms with van der Waals surface area (Å²) in [5.41, 5.74) is 2.30. The van der Waals surface area contributed by atoms with E-state index in [4.69, 9.17) is 14.2 Å². The van der Waals surface area contributed by atoms with E-state index in [1.54, 1.807) is 13.2 Å². The zero-order chi connectivity index (χ0) is 20.8. The van der Waals surface area contributed by atoms with Crippen LogP contribution in [0.4, 0.5) is 5.69 Å². The molecule has 1 unspecified atom stereocenters. The lowest BCUT2D eigenvalue weighted by molar-refractivity contribution is -0.132. The molecule has 3 rings (SSSR count). The molecule has 0 saturated carbocycles. The van der Waals surface area contributed by atoms with E-state index in [0.29, 0.717) is 18.1 Å². The van der Waals surface area contributed by atoms with Gasteiger partial charge in [-0.05, 0) is 43.7 Å². The van der Waals surface area contributed by atoms with E-state index in [-0.39, 0.29) is 12.0 Å². The van der Waals surface area contributed by atoms with Gasteiger partial charge in [-0.2, -0.15) is 0 Å². The minimum atomic E-state index is -0.354. The maximum atomic E-state index is 11.3. The van der Waals surface area contributed by atoms with Crippen LogP contribution in [0.1, 0.15) is 32.4 Å². The Balaban J connectivity index is 1.67. The number of esters is 1. The van der Waals surface area contributed by atoms with Crippen molar-refractivity contribution in [3.05, 3.63) is 48.0 Å². The third-order valence-corrected chi connectivity index (χ3v) is 5.29. The standard InChI is InChI=1S/C23H30N2O4/c1-5-28-21-9-7-6-8-20(21)25-14-12-24(13-15-25)17(2)19-10-11-22(29-18(3)26)23(16-19)27-4/h6-11,16-17H,5,12-15H2,1-4H3. The number of hydrogen-bond acceptors (Lipinski definition) is 6. The topological polar surface area (TPSA) is 51.2 Å². The number of rotatable bonds is 7. The zero-order valence-corrected chi connectivity index (χ0v) is 17.7. The molecule has 6 heteroatoms. The second kappa shape index (κ2) is 9.65. The van der Waals surface area contributed by atoms with Crippen molar-refractivity contribution in [1.29, 1.82) is 0 Å². The van der Waals surface area contributed by atoms with Crippen LogP contribution >= 0.6 is 0 Å². The number of carbonyl (C=O) groups is 1. The Labute approximate surface area is 173 Å². The van der Waals surface area contributed by atoms with Crippen molar-refractivity contribution < 1.29 is 19.0 Å². The molecule has 1 aliphatic rings. The highest BCUT2D eigenvalue weighted by molar-refractivity contribution is 5.70. The van der Waals surface area contributed by atoms with Gasteiger partial charge in [-0.1, -0.05) is 18.2 Å². The van der Waals surface area contributed by atoms with E-state index in [1.807, 2.05) is 31.2 Å². The van der Waals surface area contributed by atoms with Gasteiger partial charge in [-0.3, -0.25) is 9.69 Å². The highest BCUT2D eigenvalue weighted by atomic mass is 16.6. The zero-order valence-electron chi connectivity index (χ0n) is 17.7. The molecule has 156 valence electrons. The van der Waals surface area contributed by atoms with Gasteiger partial charge in [0.15, 0.2) is 11.5 Å². The molecule has 6 nitrogen and oxygen atoms in total. The van der Waals surface area contributed by atoms with E-state index in [9.17, 15) is 4.79 Å². The molecular weight excluding hydrogens is 368 g/mol. The molecule has 1 heterocycles. The fraction of sp³-hybridized carbons (Fsp3) is 0.435. The molecule has 1 fully saturated rings. The largest absolute Gasteiger partial charge is 0.493 e. The number of piperazine rings is 1. The first-order valence-electron chi connectivity index (χ1n) is 10.1. The minimum absolute atomic E-state index is 0.236. The van der Waals surface area contributed by atoms with Crippen LogP contribution < -0.4 is 19.1 Å².